The number of piperidine rings is 1. The van der Waals surface area contributed by atoms with Crippen LogP contribution in [0.4, 0.5) is 0 Å². The maximum atomic E-state index is 12.5. The van der Waals surface area contributed by atoms with E-state index in [2.05, 4.69) is 10.00 Å². The van der Waals surface area contributed by atoms with E-state index in [1.807, 2.05) is 35.3 Å². The Balaban J connectivity index is 1.47. The first kappa shape index (κ1) is 13.4. The zero-order valence-corrected chi connectivity index (χ0v) is 12.3. The summed E-state index contributed by atoms with van der Waals surface area (Å²) in [5, 5.41) is 4.36. The molecule has 1 amide bonds. The number of amides is 1. The van der Waals surface area contributed by atoms with Gasteiger partial charge in [0.2, 0.25) is 5.91 Å². The maximum Gasteiger partial charge on any atom is 0.247 e. The lowest BCUT2D eigenvalue weighted by molar-refractivity contribution is -0.130. The summed E-state index contributed by atoms with van der Waals surface area (Å²) in [5.41, 5.74) is 0. The number of aromatic nitrogens is 2. The van der Waals surface area contributed by atoms with Crippen LogP contribution in [0, 0.1) is 0 Å². The lowest BCUT2D eigenvalue weighted by Gasteiger charge is -2.38. The van der Waals surface area contributed by atoms with E-state index >= 15 is 0 Å². The number of hydrogen-bond donors (Lipinski definition) is 0. The van der Waals surface area contributed by atoms with Crippen LogP contribution < -0.4 is 0 Å². The molecule has 5 nitrogen and oxygen atoms in total. The highest BCUT2D eigenvalue weighted by molar-refractivity contribution is 5.92. The van der Waals surface area contributed by atoms with E-state index in [1.54, 1.807) is 18.4 Å². The molecule has 22 heavy (non-hydrogen) atoms. The highest BCUT2D eigenvalue weighted by Gasteiger charge is 2.43. The van der Waals surface area contributed by atoms with Gasteiger partial charge in [-0.15, -0.1) is 0 Å². The van der Waals surface area contributed by atoms with E-state index in [0.29, 0.717) is 23.9 Å². The zero-order valence-electron chi connectivity index (χ0n) is 12.3. The number of fused-ring (bicyclic) bond motifs is 2. The molecule has 2 bridgehead atoms. The maximum absolute atomic E-state index is 12.5. The fourth-order valence-corrected chi connectivity index (χ4v) is 3.85. The van der Waals surface area contributed by atoms with Crippen molar-refractivity contribution in [1.82, 2.24) is 14.7 Å². The average molecular weight is 297 g/mol. The van der Waals surface area contributed by atoms with Crippen LogP contribution in [-0.4, -0.2) is 32.7 Å². The molecule has 0 aliphatic carbocycles. The molecule has 0 saturated carbocycles. The zero-order chi connectivity index (χ0) is 14.9. The quantitative estimate of drug-likeness (QED) is 0.819. The van der Waals surface area contributed by atoms with Gasteiger partial charge in [0.15, 0.2) is 0 Å². The number of hydrogen-bond acceptors (Lipinski definition) is 3. The summed E-state index contributed by atoms with van der Waals surface area (Å²) >= 11 is 0. The molecule has 0 aromatic carbocycles. The summed E-state index contributed by atoms with van der Waals surface area (Å²) in [5.74, 6) is 0.815. The molecule has 2 saturated heterocycles. The first-order chi connectivity index (χ1) is 10.8. The van der Waals surface area contributed by atoms with E-state index in [0.717, 1.165) is 25.7 Å². The lowest BCUT2D eigenvalue weighted by atomic mass is 9.97. The van der Waals surface area contributed by atoms with Gasteiger partial charge in [0, 0.05) is 30.6 Å². The molecule has 0 spiro atoms. The average Bonchev–Trinajstić information content (AvgIpc) is 3.25. The molecule has 4 heterocycles. The van der Waals surface area contributed by atoms with Crippen molar-refractivity contribution in [3.63, 3.8) is 0 Å². The smallest absolute Gasteiger partial charge is 0.247 e. The monoisotopic (exact) mass is 297 g/mol. The SMILES string of the molecule is O=C(/C=C/c1ccco1)N1C2CCC1CC(n1cccn1)C2. The molecule has 2 atom stereocenters. The van der Waals surface area contributed by atoms with Gasteiger partial charge < -0.3 is 9.32 Å². The van der Waals surface area contributed by atoms with Crippen LogP contribution in [0.5, 0.6) is 0 Å². The normalized spacial score (nSPS) is 27.6. The van der Waals surface area contributed by atoms with Crippen LogP contribution >= 0.6 is 0 Å². The van der Waals surface area contributed by atoms with Gasteiger partial charge in [-0.3, -0.25) is 9.48 Å². The van der Waals surface area contributed by atoms with Crippen molar-refractivity contribution in [2.24, 2.45) is 0 Å². The minimum atomic E-state index is 0.0998. The van der Waals surface area contributed by atoms with E-state index in [9.17, 15) is 4.79 Å². The molecule has 2 aliphatic heterocycles. The fraction of sp³-hybridized carbons (Fsp3) is 0.412. The third-order valence-electron chi connectivity index (χ3n) is 4.80. The first-order valence-corrected chi connectivity index (χ1v) is 7.84. The van der Waals surface area contributed by atoms with Crippen LogP contribution in [0.15, 0.2) is 47.3 Å². The van der Waals surface area contributed by atoms with E-state index in [1.165, 1.54) is 0 Å². The van der Waals surface area contributed by atoms with E-state index in [-0.39, 0.29) is 5.91 Å². The second-order valence-electron chi connectivity index (χ2n) is 6.09. The van der Waals surface area contributed by atoms with Gasteiger partial charge in [-0.25, -0.2) is 0 Å². The lowest BCUT2D eigenvalue weighted by Crippen LogP contribution is -2.46. The molecule has 114 valence electrons. The van der Waals surface area contributed by atoms with E-state index < -0.39 is 0 Å². The van der Waals surface area contributed by atoms with Crippen LogP contribution in [0.2, 0.25) is 0 Å². The Morgan fingerprint density at radius 1 is 1.23 bits per heavy atom. The molecule has 2 fully saturated rings. The number of carbonyl (C=O) groups is 1. The minimum absolute atomic E-state index is 0.0998. The van der Waals surface area contributed by atoms with Gasteiger partial charge in [-0.2, -0.15) is 5.10 Å². The summed E-state index contributed by atoms with van der Waals surface area (Å²) in [6, 6.07) is 6.73. The Labute approximate surface area is 129 Å². The number of furan rings is 1. The number of rotatable bonds is 3. The summed E-state index contributed by atoms with van der Waals surface area (Å²) in [4.78, 5) is 14.6. The predicted octanol–water partition coefficient (Wildman–Crippen LogP) is 2.88. The van der Waals surface area contributed by atoms with Gasteiger partial charge in [0.05, 0.1) is 12.3 Å². The molecular formula is C17H19N3O2. The van der Waals surface area contributed by atoms with Crippen molar-refractivity contribution in [1.29, 1.82) is 0 Å². The predicted molar refractivity (Wildman–Crippen MR) is 81.9 cm³/mol. The summed E-state index contributed by atoms with van der Waals surface area (Å²) in [6.07, 6.45) is 13.1. The number of nitrogens with zero attached hydrogens (tertiary/aromatic N) is 3. The first-order valence-electron chi connectivity index (χ1n) is 7.84. The highest BCUT2D eigenvalue weighted by atomic mass is 16.3. The molecule has 0 N–H and O–H groups in total. The summed E-state index contributed by atoms with van der Waals surface area (Å²) in [6.45, 7) is 0. The molecule has 2 aromatic heterocycles. The fourth-order valence-electron chi connectivity index (χ4n) is 3.85. The Morgan fingerprint density at radius 2 is 2.05 bits per heavy atom. The standard InChI is InChI=1S/C17H19N3O2/c21-17(7-6-16-3-1-10-22-16)20-13-4-5-14(20)12-15(11-13)19-9-2-8-18-19/h1-3,6-10,13-15H,4-5,11-12H2/b7-6+. The topological polar surface area (TPSA) is 51.3 Å². The summed E-state index contributed by atoms with van der Waals surface area (Å²) in [7, 11) is 0. The Morgan fingerprint density at radius 3 is 2.68 bits per heavy atom. The molecule has 4 rings (SSSR count). The molecular weight excluding hydrogens is 278 g/mol. The van der Waals surface area contributed by atoms with Crippen LogP contribution in [0.3, 0.4) is 0 Å². The van der Waals surface area contributed by atoms with Gasteiger partial charge in [0.25, 0.3) is 0 Å². The van der Waals surface area contributed by atoms with Crippen molar-refractivity contribution in [3.8, 4) is 0 Å². The Hall–Kier alpha value is -2.30. The van der Waals surface area contributed by atoms with Crippen molar-refractivity contribution in [3.05, 3.63) is 48.7 Å². The summed E-state index contributed by atoms with van der Waals surface area (Å²) < 4.78 is 7.28. The third-order valence-corrected chi connectivity index (χ3v) is 4.80. The van der Waals surface area contributed by atoms with Crippen molar-refractivity contribution in [2.45, 2.75) is 43.8 Å². The van der Waals surface area contributed by atoms with Crippen molar-refractivity contribution >= 4 is 12.0 Å². The minimum Gasteiger partial charge on any atom is -0.465 e. The van der Waals surface area contributed by atoms with Crippen molar-refractivity contribution in [2.75, 3.05) is 0 Å². The molecule has 5 heteroatoms. The highest BCUT2D eigenvalue weighted by Crippen LogP contribution is 2.40. The van der Waals surface area contributed by atoms with Gasteiger partial charge >= 0.3 is 0 Å². The van der Waals surface area contributed by atoms with Gasteiger partial charge in [-0.05, 0) is 50.0 Å². The largest absolute Gasteiger partial charge is 0.465 e. The van der Waals surface area contributed by atoms with Gasteiger partial charge in [-0.1, -0.05) is 0 Å². The molecule has 2 unspecified atom stereocenters. The van der Waals surface area contributed by atoms with Crippen molar-refractivity contribution < 1.29 is 9.21 Å². The second-order valence-corrected chi connectivity index (χ2v) is 6.09. The Kier molecular flexibility index (Phi) is 3.33. The molecule has 2 aliphatic rings. The van der Waals surface area contributed by atoms with Crippen LogP contribution in [0.25, 0.3) is 6.08 Å². The molecule has 2 aromatic rings. The van der Waals surface area contributed by atoms with Gasteiger partial charge in [0.1, 0.15) is 5.76 Å². The van der Waals surface area contributed by atoms with Crippen LogP contribution in [0.1, 0.15) is 37.5 Å². The van der Waals surface area contributed by atoms with Crippen LogP contribution in [-0.2, 0) is 4.79 Å². The second kappa shape index (κ2) is 5.48. The van der Waals surface area contributed by atoms with E-state index in [4.69, 9.17) is 4.42 Å². The number of carbonyl (C=O) groups excluding carboxylic acids is 1. The Bertz CT molecular complexity index is 646. The third kappa shape index (κ3) is 2.36. The molecule has 0 radical (unpaired) electrons.